The van der Waals surface area contributed by atoms with Crippen molar-refractivity contribution in [3.8, 4) is 0 Å². The lowest BCUT2D eigenvalue weighted by atomic mass is 10.0. The molecule has 1 aromatic rings. The summed E-state index contributed by atoms with van der Waals surface area (Å²) >= 11 is 6.09. The topological polar surface area (TPSA) is 134 Å². The Kier molecular flexibility index (Phi) is 9.81. The lowest BCUT2D eigenvalue weighted by Crippen LogP contribution is -2.53. The molecule has 0 aliphatic carbocycles. The molecule has 9 heteroatoms. The van der Waals surface area contributed by atoms with Crippen LogP contribution in [-0.4, -0.2) is 47.1 Å². The Morgan fingerprint density at radius 3 is 2.55 bits per heavy atom. The van der Waals surface area contributed by atoms with E-state index in [1.165, 1.54) is 18.5 Å². The molecule has 1 aliphatic heterocycles. The molecule has 33 heavy (non-hydrogen) atoms. The monoisotopic (exact) mass is 475 g/mol. The molecule has 1 fully saturated rings. The number of carbonyl (C=O) groups excluding carboxylic acids is 2. The standard InChI is InChI=1S/C24H34ClN5O3/c1-4-28-22(15(2)3)24(33)30-13-5-6-20(30)23(32)29-19(14-31)16-7-9-17(10-8-16)21(27)18(25)11-12-26/h4,7-12,15,19-20,22,28,31H,1,5-6,13-14,26-27H2,2-3H3,(H,29,32)/b12-11-,21-18+/t19-,20-,22-/m0/s1. The van der Waals surface area contributed by atoms with Gasteiger partial charge >= 0.3 is 0 Å². The molecule has 1 aliphatic rings. The number of benzene rings is 1. The highest BCUT2D eigenvalue weighted by atomic mass is 35.5. The highest BCUT2D eigenvalue weighted by Gasteiger charge is 2.38. The van der Waals surface area contributed by atoms with Gasteiger partial charge in [-0.05, 0) is 48.4 Å². The van der Waals surface area contributed by atoms with Crippen LogP contribution in [0.5, 0.6) is 0 Å². The number of amides is 2. The van der Waals surface area contributed by atoms with Crippen molar-refractivity contribution < 1.29 is 14.7 Å². The molecule has 1 heterocycles. The summed E-state index contributed by atoms with van der Waals surface area (Å²) in [6.07, 6.45) is 5.60. The molecule has 2 amide bonds. The average molecular weight is 476 g/mol. The second kappa shape index (κ2) is 12.3. The van der Waals surface area contributed by atoms with E-state index < -0.39 is 18.1 Å². The van der Waals surface area contributed by atoms with Crippen LogP contribution in [0.25, 0.3) is 5.70 Å². The number of halogens is 1. The molecule has 0 spiro atoms. The highest BCUT2D eigenvalue weighted by molar-refractivity contribution is 6.34. The molecule has 3 atom stereocenters. The van der Waals surface area contributed by atoms with Crippen molar-refractivity contribution in [2.75, 3.05) is 13.2 Å². The zero-order valence-electron chi connectivity index (χ0n) is 19.1. The van der Waals surface area contributed by atoms with Crippen LogP contribution >= 0.6 is 11.6 Å². The molecule has 7 N–H and O–H groups in total. The predicted molar refractivity (Wildman–Crippen MR) is 131 cm³/mol. The minimum absolute atomic E-state index is 0.0406. The first-order valence-corrected chi connectivity index (χ1v) is 11.3. The number of carbonyl (C=O) groups is 2. The summed E-state index contributed by atoms with van der Waals surface area (Å²) in [6.45, 7) is 7.76. The zero-order valence-corrected chi connectivity index (χ0v) is 19.9. The zero-order chi connectivity index (χ0) is 24.5. The molecule has 1 saturated heterocycles. The molecular formula is C24H34ClN5O3. The molecular weight excluding hydrogens is 442 g/mol. The van der Waals surface area contributed by atoms with Gasteiger partial charge in [0.1, 0.15) is 12.1 Å². The van der Waals surface area contributed by atoms with Crippen LogP contribution in [0, 0.1) is 5.92 Å². The van der Waals surface area contributed by atoms with E-state index in [4.69, 9.17) is 23.1 Å². The van der Waals surface area contributed by atoms with Crippen LogP contribution in [-0.2, 0) is 9.59 Å². The normalized spacial score (nSPS) is 18.7. The highest BCUT2D eigenvalue weighted by Crippen LogP contribution is 2.23. The third kappa shape index (κ3) is 6.52. The second-order valence-electron chi connectivity index (χ2n) is 8.27. The van der Waals surface area contributed by atoms with E-state index in [1.807, 2.05) is 13.8 Å². The maximum Gasteiger partial charge on any atom is 0.245 e. The molecule has 0 aromatic heterocycles. The van der Waals surface area contributed by atoms with E-state index in [0.717, 1.165) is 6.42 Å². The Morgan fingerprint density at radius 1 is 1.33 bits per heavy atom. The van der Waals surface area contributed by atoms with E-state index in [9.17, 15) is 14.7 Å². The van der Waals surface area contributed by atoms with Gasteiger partial charge in [0.2, 0.25) is 11.8 Å². The van der Waals surface area contributed by atoms with Gasteiger partial charge in [-0.1, -0.05) is 56.3 Å². The molecule has 180 valence electrons. The van der Waals surface area contributed by atoms with E-state index in [1.54, 1.807) is 29.2 Å². The molecule has 0 radical (unpaired) electrons. The van der Waals surface area contributed by atoms with Crippen molar-refractivity contribution in [3.63, 3.8) is 0 Å². The minimum Gasteiger partial charge on any atom is -0.405 e. The molecule has 2 rings (SSSR count). The number of nitrogens with two attached hydrogens (primary N) is 2. The largest absolute Gasteiger partial charge is 0.405 e. The van der Waals surface area contributed by atoms with Gasteiger partial charge < -0.3 is 32.1 Å². The summed E-state index contributed by atoms with van der Waals surface area (Å²) in [4.78, 5) is 27.8. The van der Waals surface area contributed by atoms with Crippen molar-refractivity contribution in [2.45, 2.75) is 44.8 Å². The van der Waals surface area contributed by atoms with Crippen LogP contribution in [0.1, 0.15) is 43.9 Å². The van der Waals surface area contributed by atoms with Crippen molar-refractivity contribution in [1.29, 1.82) is 0 Å². The molecule has 0 bridgehead atoms. The second-order valence-corrected chi connectivity index (χ2v) is 8.68. The SMILES string of the molecule is C=CN[C@H](C(=O)N1CCC[C@H]1C(=O)N[C@@H](CO)c1ccc(/C(N)=C(Cl)/C=C\N)cc1)C(C)C. The van der Waals surface area contributed by atoms with Crippen LogP contribution in [0.15, 0.2) is 54.4 Å². The number of nitrogens with zero attached hydrogens (tertiary/aromatic N) is 1. The maximum atomic E-state index is 13.1. The third-order valence-electron chi connectivity index (χ3n) is 5.69. The van der Waals surface area contributed by atoms with Crippen LogP contribution in [0.4, 0.5) is 0 Å². The molecule has 0 saturated carbocycles. The Labute approximate surface area is 200 Å². The van der Waals surface area contributed by atoms with Crippen LogP contribution in [0.3, 0.4) is 0 Å². The first kappa shape index (κ1) is 26.3. The van der Waals surface area contributed by atoms with Gasteiger partial charge in [0.25, 0.3) is 0 Å². The number of aliphatic hydroxyl groups is 1. The first-order valence-electron chi connectivity index (χ1n) is 11.0. The summed E-state index contributed by atoms with van der Waals surface area (Å²) in [7, 11) is 0. The average Bonchev–Trinajstić information content (AvgIpc) is 3.30. The smallest absolute Gasteiger partial charge is 0.245 e. The number of allylic oxidation sites excluding steroid dienone is 2. The Balaban J connectivity index is 2.14. The Morgan fingerprint density at radius 2 is 2.00 bits per heavy atom. The first-order chi connectivity index (χ1) is 15.7. The number of nitrogens with one attached hydrogen (secondary N) is 2. The van der Waals surface area contributed by atoms with Gasteiger partial charge in [0.05, 0.1) is 23.4 Å². The Bertz CT molecular complexity index is 898. The van der Waals surface area contributed by atoms with Gasteiger partial charge in [-0.15, -0.1) is 0 Å². The van der Waals surface area contributed by atoms with Crippen LogP contribution in [0.2, 0.25) is 0 Å². The Hall–Kier alpha value is -2.97. The predicted octanol–water partition coefficient (Wildman–Crippen LogP) is 1.92. The van der Waals surface area contributed by atoms with Gasteiger partial charge in [-0.3, -0.25) is 9.59 Å². The minimum atomic E-state index is -0.624. The number of hydrogen-bond donors (Lipinski definition) is 5. The van der Waals surface area contributed by atoms with Crippen molar-refractivity contribution in [3.05, 3.63) is 65.5 Å². The quantitative estimate of drug-likeness (QED) is 0.328. The third-order valence-corrected chi connectivity index (χ3v) is 6.02. The van der Waals surface area contributed by atoms with E-state index in [0.29, 0.717) is 34.8 Å². The summed E-state index contributed by atoms with van der Waals surface area (Å²) in [5.41, 5.74) is 13.1. The molecule has 1 aromatic carbocycles. The van der Waals surface area contributed by atoms with Crippen LogP contribution < -0.4 is 22.1 Å². The fourth-order valence-corrected chi connectivity index (χ4v) is 4.05. The van der Waals surface area contributed by atoms with Crippen molar-refractivity contribution >= 4 is 29.1 Å². The lowest BCUT2D eigenvalue weighted by molar-refractivity contribution is -0.141. The number of hydrogen-bond acceptors (Lipinski definition) is 6. The van der Waals surface area contributed by atoms with Crippen molar-refractivity contribution in [1.82, 2.24) is 15.5 Å². The van der Waals surface area contributed by atoms with Gasteiger partial charge in [-0.2, -0.15) is 0 Å². The van der Waals surface area contributed by atoms with Gasteiger partial charge in [0.15, 0.2) is 0 Å². The summed E-state index contributed by atoms with van der Waals surface area (Å²) in [6, 6.07) is 5.38. The van der Waals surface area contributed by atoms with Gasteiger partial charge in [0, 0.05) is 6.54 Å². The fourth-order valence-electron chi connectivity index (χ4n) is 3.87. The van der Waals surface area contributed by atoms with E-state index in [2.05, 4.69) is 17.2 Å². The molecule has 8 nitrogen and oxygen atoms in total. The van der Waals surface area contributed by atoms with E-state index >= 15 is 0 Å². The number of likely N-dealkylation sites (tertiary alicyclic amines) is 1. The van der Waals surface area contributed by atoms with Crippen molar-refractivity contribution in [2.24, 2.45) is 17.4 Å². The van der Waals surface area contributed by atoms with Gasteiger partial charge in [-0.25, -0.2) is 0 Å². The summed E-state index contributed by atoms with van der Waals surface area (Å²) in [5.74, 6) is -0.377. The fraction of sp³-hybridized carbons (Fsp3) is 0.417. The molecule has 0 unspecified atom stereocenters. The number of rotatable bonds is 10. The summed E-state index contributed by atoms with van der Waals surface area (Å²) < 4.78 is 0. The number of aliphatic hydroxyl groups excluding tert-OH is 1. The lowest BCUT2D eigenvalue weighted by Gasteiger charge is -2.31. The van der Waals surface area contributed by atoms with E-state index in [-0.39, 0.29) is 24.3 Å². The summed E-state index contributed by atoms with van der Waals surface area (Å²) in [5, 5.41) is 16.1. The maximum absolute atomic E-state index is 13.1.